The molecular formula is C19H19ClN4. The van der Waals surface area contributed by atoms with Gasteiger partial charge in [-0.25, -0.2) is 9.97 Å². The first-order chi connectivity index (χ1) is 11.6. The number of hydrogen-bond acceptors (Lipinski definition) is 3. The average molecular weight is 339 g/mol. The Bertz CT molecular complexity index is 881. The minimum atomic E-state index is 0.443. The zero-order valence-corrected chi connectivity index (χ0v) is 14.8. The lowest BCUT2D eigenvalue weighted by atomic mass is 10.2. The Kier molecular flexibility index (Phi) is 4.73. The van der Waals surface area contributed by atoms with Crippen molar-refractivity contribution in [3.05, 3.63) is 64.6 Å². The number of imidazole rings is 1. The Hall–Kier alpha value is -2.51. The van der Waals surface area contributed by atoms with Crippen LogP contribution in [0.4, 0.5) is 0 Å². The predicted molar refractivity (Wildman–Crippen MR) is 97.6 cm³/mol. The van der Waals surface area contributed by atoms with Gasteiger partial charge in [-0.3, -0.25) is 0 Å². The van der Waals surface area contributed by atoms with Crippen molar-refractivity contribution in [2.24, 2.45) is 0 Å². The third-order valence-electron chi connectivity index (χ3n) is 3.98. The van der Waals surface area contributed by atoms with Gasteiger partial charge in [0.25, 0.3) is 0 Å². The topological polar surface area (TPSA) is 34.0 Å². The molecule has 1 aliphatic rings. The lowest BCUT2D eigenvalue weighted by Crippen LogP contribution is -2.20. The van der Waals surface area contributed by atoms with Crippen LogP contribution in [0.5, 0.6) is 0 Å². The molecule has 0 fully saturated rings. The van der Waals surface area contributed by atoms with Crippen LogP contribution in [0, 0.1) is 25.7 Å². The van der Waals surface area contributed by atoms with Gasteiger partial charge in [0.2, 0.25) is 0 Å². The smallest absolute Gasteiger partial charge is 0.135 e. The van der Waals surface area contributed by atoms with E-state index in [0.717, 1.165) is 41.6 Å². The Balaban J connectivity index is 1.91. The number of aryl methyl sites for hydroxylation is 1. The van der Waals surface area contributed by atoms with E-state index in [1.165, 1.54) is 0 Å². The third kappa shape index (κ3) is 3.37. The molecule has 0 bridgehead atoms. The van der Waals surface area contributed by atoms with Crippen LogP contribution < -0.4 is 0 Å². The van der Waals surface area contributed by atoms with Crippen LogP contribution >= 0.6 is 11.6 Å². The molecule has 2 aromatic heterocycles. The highest BCUT2D eigenvalue weighted by Crippen LogP contribution is 2.20. The highest BCUT2D eigenvalue weighted by molar-refractivity contribution is 6.29. The summed E-state index contributed by atoms with van der Waals surface area (Å²) in [6.07, 6.45) is 8.11. The number of hydrogen-bond donors (Lipinski definition) is 0. The summed E-state index contributed by atoms with van der Waals surface area (Å²) >= 11 is 5.89. The zero-order valence-electron chi connectivity index (χ0n) is 14.0. The molecule has 0 atom stereocenters. The first kappa shape index (κ1) is 16.4. The van der Waals surface area contributed by atoms with Crippen molar-refractivity contribution in [2.45, 2.75) is 20.8 Å². The number of likely N-dealkylation sites (N-methyl/N-ethyl adjacent to an activating group) is 1. The maximum atomic E-state index is 5.89. The van der Waals surface area contributed by atoms with Gasteiger partial charge in [0.1, 0.15) is 16.7 Å². The van der Waals surface area contributed by atoms with Crippen molar-refractivity contribution >= 4 is 17.3 Å². The van der Waals surface area contributed by atoms with E-state index in [-0.39, 0.29) is 0 Å². The van der Waals surface area contributed by atoms with E-state index in [2.05, 4.69) is 56.6 Å². The molecule has 24 heavy (non-hydrogen) atoms. The molecule has 3 heterocycles. The molecule has 0 unspecified atom stereocenters. The molecule has 0 radical (unpaired) electrons. The molecule has 2 aromatic rings. The Morgan fingerprint density at radius 2 is 2.12 bits per heavy atom. The zero-order chi connectivity index (χ0) is 17.1. The second-order valence-electron chi connectivity index (χ2n) is 5.58. The highest BCUT2D eigenvalue weighted by atomic mass is 35.5. The molecule has 0 saturated carbocycles. The lowest BCUT2D eigenvalue weighted by Gasteiger charge is -2.21. The van der Waals surface area contributed by atoms with Crippen LogP contribution in [-0.2, 0) is 0 Å². The van der Waals surface area contributed by atoms with Gasteiger partial charge >= 0.3 is 0 Å². The molecule has 0 saturated heterocycles. The number of pyridine rings is 1. The molecule has 3 rings (SSSR count). The maximum absolute atomic E-state index is 5.89. The van der Waals surface area contributed by atoms with Crippen LogP contribution in [0.15, 0.2) is 36.7 Å². The van der Waals surface area contributed by atoms with Gasteiger partial charge in [-0.2, -0.15) is 0 Å². The first-order valence-corrected chi connectivity index (χ1v) is 8.28. The average Bonchev–Trinajstić information content (AvgIpc) is 2.87. The summed E-state index contributed by atoms with van der Waals surface area (Å²) in [4.78, 5) is 10.8. The second-order valence-corrected chi connectivity index (χ2v) is 5.97. The summed E-state index contributed by atoms with van der Waals surface area (Å²) < 4.78 is 2.15. The van der Waals surface area contributed by atoms with Gasteiger partial charge in [-0.05, 0) is 51.0 Å². The van der Waals surface area contributed by atoms with E-state index in [1.807, 2.05) is 19.9 Å². The largest absolute Gasteiger partial charge is 0.374 e. The van der Waals surface area contributed by atoms with Crippen LogP contribution in [0.1, 0.15) is 29.7 Å². The van der Waals surface area contributed by atoms with E-state index in [4.69, 9.17) is 11.6 Å². The molecule has 122 valence electrons. The molecule has 4 nitrogen and oxygen atoms in total. The van der Waals surface area contributed by atoms with E-state index in [0.29, 0.717) is 5.15 Å². The Labute approximate surface area is 147 Å². The Morgan fingerprint density at radius 1 is 1.29 bits per heavy atom. The summed E-state index contributed by atoms with van der Waals surface area (Å²) in [5, 5.41) is 0.443. The van der Waals surface area contributed by atoms with E-state index in [9.17, 15) is 0 Å². The molecule has 0 N–H and O–H groups in total. The molecule has 0 spiro atoms. The van der Waals surface area contributed by atoms with Crippen LogP contribution in [0.3, 0.4) is 0 Å². The first-order valence-electron chi connectivity index (χ1n) is 7.90. The van der Waals surface area contributed by atoms with E-state index < -0.39 is 0 Å². The predicted octanol–water partition coefficient (Wildman–Crippen LogP) is 3.64. The summed E-state index contributed by atoms with van der Waals surface area (Å²) in [5.74, 6) is 7.19. The fourth-order valence-corrected chi connectivity index (χ4v) is 2.85. The normalized spacial score (nSPS) is 13.5. The van der Waals surface area contributed by atoms with E-state index >= 15 is 0 Å². The molecule has 0 aliphatic carbocycles. The molecule has 0 aromatic carbocycles. The van der Waals surface area contributed by atoms with Crippen molar-refractivity contribution in [1.29, 1.82) is 0 Å². The minimum Gasteiger partial charge on any atom is -0.374 e. The van der Waals surface area contributed by atoms with Crippen molar-refractivity contribution in [3.63, 3.8) is 0 Å². The number of rotatable bonds is 2. The minimum absolute atomic E-state index is 0.443. The molecule has 0 amide bonds. The van der Waals surface area contributed by atoms with Crippen LogP contribution in [0.2, 0.25) is 5.15 Å². The van der Waals surface area contributed by atoms with Crippen molar-refractivity contribution < 1.29 is 0 Å². The summed E-state index contributed by atoms with van der Waals surface area (Å²) in [7, 11) is 0. The second kappa shape index (κ2) is 6.94. The fourth-order valence-electron chi connectivity index (χ4n) is 2.67. The van der Waals surface area contributed by atoms with Gasteiger partial charge in [0, 0.05) is 36.7 Å². The maximum Gasteiger partial charge on any atom is 0.135 e. The number of aromatic nitrogens is 3. The van der Waals surface area contributed by atoms with Gasteiger partial charge in [-0.15, -0.1) is 0 Å². The van der Waals surface area contributed by atoms with Crippen molar-refractivity contribution in [3.8, 4) is 11.8 Å². The summed E-state index contributed by atoms with van der Waals surface area (Å²) in [5.41, 5.74) is 3.80. The number of allylic oxidation sites excluding steroid dienone is 2. The quantitative estimate of drug-likeness (QED) is 0.619. The highest BCUT2D eigenvalue weighted by Gasteiger charge is 2.13. The number of halogens is 1. The standard InChI is InChI=1S/C19H19ClN4/c1-4-23-11-8-17(9-12-23)24-14(2)18(22-15(24)3)6-5-16-7-10-21-19(20)13-16/h7-11,13H,4,12H2,1-3H3. The summed E-state index contributed by atoms with van der Waals surface area (Å²) in [6, 6.07) is 3.59. The molecular weight excluding hydrogens is 320 g/mol. The van der Waals surface area contributed by atoms with Crippen molar-refractivity contribution in [2.75, 3.05) is 13.1 Å². The third-order valence-corrected chi connectivity index (χ3v) is 4.19. The van der Waals surface area contributed by atoms with Crippen LogP contribution in [-0.4, -0.2) is 32.5 Å². The van der Waals surface area contributed by atoms with Gasteiger partial charge in [0.15, 0.2) is 0 Å². The monoisotopic (exact) mass is 338 g/mol. The van der Waals surface area contributed by atoms with Crippen molar-refractivity contribution in [1.82, 2.24) is 19.4 Å². The summed E-state index contributed by atoms with van der Waals surface area (Å²) in [6.45, 7) is 8.12. The van der Waals surface area contributed by atoms with Gasteiger partial charge in [0.05, 0.1) is 5.69 Å². The van der Waals surface area contributed by atoms with E-state index in [1.54, 1.807) is 12.3 Å². The molecule has 1 aliphatic heterocycles. The van der Waals surface area contributed by atoms with Gasteiger partial charge < -0.3 is 9.47 Å². The number of nitrogens with zero attached hydrogens (tertiary/aromatic N) is 4. The lowest BCUT2D eigenvalue weighted by molar-refractivity contribution is 0.435. The molecule has 5 heteroatoms. The Morgan fingerprint density at radius 3 is 2.79 bits per heavy atom. The van der Waals surface area contributed by atoms with Crippen LogP contribution in [0.25, 0.3) is 5.70 Å². The fraction of sp³-hybridized carbons (Fsp3) is 0.263. The van der Waals surface area contributed by atoms with Gasteiger partial charge in [-0.1, -0.05) is 17.5 Å². The SMILES string of the molecule is CCN1C=CC(n2c(C)nc(C#Cc3ccnc(Cl)c3)c2C)=CC1.